The Morgan fingerprint density at radius 2 is 1.75 bits per heavy atom. The number of nitrogens with zero attached hydrogens (tertiary/aromatic N) is 1. The summed E-state index contributed by atoms with van der Waals surface area (Å²) in [7, 11) is 0. The molecular weight excluding hydrogens is 546 g/mol. The van der Waals surface area contributed by atoms with E-state index in [-0.39, 0.29) is 28.8 Å². The summed E-state index contributed by atoms with van der Waals surface area (Å²) in [6, 6.07) is 20.2. The minimum atomic E-state index is -1.58. The zero-order chi connectivity index (χ0) is 28.6. The number of carbonyl (C=O) groups excluding carboxylic acids is 3. The van der Waals surface area contributed by atoms with E-state index in [1.165, 1.54) is 34.5 Å². The van der Waals surface area contributed by atoms with E-state index in [2.05, 4.69) is 10.6 Å². The summed E-state index contributed by atoms with van der Waals surface area (Å²) in [4.78, 5) is 42.1. The second-order valence-electron chi connectivity index (χ2n) is 9.57. The van der Waals surface area contributed by atoms with Crippen LogP contribution in [0.25, 0.3) is 0 Å². The molecule has 3 amide bonds. The molecule has 1 unspecified atom stereocenters. The quantitative estimate of drug-likeness (QED) is 0.272. The van der Waals surface area contributed by atoms with Crippen LogP contribution in [0.4, 0.5) is 0 Å². The van der Waals surface area contributed by atoms with Crippen molar-refractivity contribution < 1.29 is 24.6 Å². The number of rotatable bonds is 10. The number of phenols is 1. The van der Waals surface area contributed by atoms with Crippen LogP contribution in [0, 0.1) is 13.8 Å². The molecule has 0 radical (unpaired) electrons. The highest BCUT2D eigenvalue weighted by Gasteiger charge is 2.40. The van der Waals surface area contributed by atoms with Crippen molar-refractivity contribution in [3.63, 3.8) is 0 Å². The lowest BCUT2D eigenvalue weighted by Gasteiger charge is -2.30. The lowest BCUT2D eigenvalue weighted by Crippen LogP contribution is -2.56. The minimum Gasteiger partial charge on any atom is -0.508 e. The molecule has 0 aliphatic carbocycles. The molecule has 0 aromatic heterocycles. The van der Waals surface area contributed by atoms with Gasteiger partial charge >= 0.3 is 0 Å². The first-order valence-electron chi connectivity index (χ1n) is 12.9. The number of thioether (sulfide) groups is 2. The fraction of sp³-hybridized carbons (Fsp3) is 0.300. The lowest BCUT2D eigenvalue weighted by atomic mass is 10.1. The Morgan fingerprint density at radius 1 is 1.02 bits per heavy atom. The van der Waals surface area contributed by atoms with Crippen molar-refractivity contribution in [2.45, 2.75) is 43.5 Å². The summed E-state index contributed by atoms with van der Waals surface area (Å²) in [5, 5.41) is 27.0. The molecule has 40 heavy (non-hydrogen) atoms. The van der Waals surface area contributed by atoms with Crippen LogP contribution in [-0.2, 0) is 16.1 Å². The molecule has 1 aliphatic rings. The van der Waals surface area contributed by atoms with Gasteiger partial charge in [-0.15, -0.1) is 23.5 Å². The molecule has 10 heteroatoms. The van der Waals surface area contributed by atoms with Crippen molar-refractivity contribution in [3.8, 4) is 5.75 Å². The molecule has 1 heterocycles. The molecule has 3 atom stereocenters. The molecule has 0 saturated carbocycles. The zero-order valence-electron chi connectivity index (χ0n) is 22.4. The number of phenolic OH excluding ortho intramolecular Hbond substituents is 1. The molecule has 4 rings (SSSR count). The van der Waals surface area contributed by atoms with Gasteiger partial charge in [0.1, 0.15) is 11.8 Å². The average Bonchev–Trinajstić information content (AvgIpc) is 3.46. The van der Waals surface area contributed by atoms with Crippen LogP contribution in [0.5, 0.6) is 5.75 Å². The van der Waals surface area contributed by atoms with Crippen LogP contribution < -0.4 is 10.6 Å². The SMILES string of the molecule is Cc1ccccc1CNC(=O)C1CSCN1C(=O)[C@@H](O)[C@H](CSc1ccccc1)NC(=O)c1cccc(O)c1C. The maximum absolute atomic E-state index is 13.6. The smallest absolute Gasteiger partial charge is 0.254 e. The van der Waals surface area contributed by atoms with E-state index in [0.717, 1.165) is 16.0 Å². The number of benzene rings is 3. The first kappa shape index (κ1) is 29.5. The summed E-state index contributed by atoms with van der Waals surface area (Å²) in [5.74, 6) is -0.551. The van der Waals surface area contributed by atoms with Crippen molar-refractivity contribution >= 4 is 41.2 Å². The van der Waals surface area contributed by atoms with Gasteiger partial charge in [-0.2, -0.15) is 0 Å². The third kappa shape index (κ3) is 7.18. The summed E-state index contributed by atoms with van der Waals surface area (Å²) in [6.45, 7) is 3.94. The van der Waals surface area contributed by atoms with E-state index in [1.54, 1.807) is 19.1 Å². The van der Waals surface area contributed by atoms with E-state index >= 15 is 0 Å². The number of hydrogen-bond acceptors (Lipinski definition) is 7. The van der Waals surface area contributed by atoms with Crippen molar-refractivity contribution in [2.24, 2.45) is 0 Å². The Hall–Kier alpha value is -3.47. The van der Waals surface area contributed by atoms with E-state index < -0.39 is 30.0 Å². The standard InChI is InChI=1S/C30H33N3O5S2/c1-19-9-6-7-10-21(19)15-31-29(37)25-17-39-18-33(25)30(38)27(35)24(16-40-22-11-4-3-5-12-22)32-28(36)23-13-8-14-26(34)20(23)2/h3-14,24-25,27,34-35H,15-18H2,1-2H3,(H,31,37)(H,32,36)/t24-,25?,27-/m0/s1. The lowest BCUT2D eigenvalue weighted by molar-refractivity contribution is -0.145. The predicted octanol–water partition coefficient (Wildman–Crippen LogP) is 3.48. The molecule has 8 nitrogen and oxygen atoms in total. The Morgan fingerprint density at radius 3 is 2.50 bits per heavy atom. The maximum Gasteiger partial charge on any atom is 0.254 e. The molecule has 1 saturated heterocycles. The average molecular weight is 580 g/mol. The highest BCUT2D eigenvalue weighted by Crippen LogP contribution is 2.25. The minimum absolute atomic E-state index is 0.0203. The molecule has 3 aromatic carbocycles. The molecule has 1 fully saturated rings. The molecular formula is C30H33N3O5S2. The van der Waals surface area contributed by atoms with Gasteiger partial charge in [0, 0.05) is 34.1 Å². The van der Waals surface area contributed by atoms with Gasteiger partial charge in [0.05, 0.1) is 11.9 Å². The first-order chi connectivity index (χ1) is 19.3. The van der Waals surface area contributed by atoms with E-state index in [0.29, 0.717) is 17.9 Å². The van der Waals surface area contributed by atoms with Crippen LogP contribution in [0.15, 0.2) is 77.7 Å². The Bertz CT molecular complexity index is 1350. The van der Waals surface area contributed by atoms with Crippen molar-refractivity contribution in [1.82, 2.24) is 15.5 Å². The summed E-state index contributed by atoms with van der Waals surface area (Å²) in [6.07, 6.45) is -1.58. The van der Waals surface area contributed by atoms with Gasteiger partial charge in [-0.1, -0.05) is 48.5 Å². The molecule has 0 bridgehead atoms. The third-order valence-corrected chi connectivity index (χ3v) is 9.00. The number of amides is 3. The first-order valence-corrected chi connectivity index (χ1v) is 15.1. The van der Waals surface area contributed by atoms with Gasteiger partial charge in [0.2, 0.25) is 5.91 Å². The third-order valence-electron chi connectivity index (χ3n) is 6.86. The molecule has 210 valence electrons. The fourth-order valence-electron chi connectivity index (χ4n) is 4.36. The van der Waals surface area contributed by atoms with Gasteiger partial charge in [-0.3, -0.25) is 14.4 Å². The van der Waals surface area contributed by atoms with Gasteiger partial charge in [0.15, 0.2) is 6.10 Å². The van der Waals surface area contributed by atoms with Gasteiger partial charge in [-0.05, 0) is 49.2 Å². The van der Waals surface area contributed by atoms with Crippen molar-refractivity contribution in [2.75, 3.05) is 17.4 Å². The predicted molar refractivity (Wildman–Crippen MR) is 158 cm³/mol. The van der Waals surface area contributed by atoms with Crippen molar-refractivity contribution in [1.29, 1.82) is 0 Å². The number of hydrogen-bond donors (Lipinski definition) is 4. The molecule has 1 aliphatic heterocycles. The van der Waals surface area contributed by atoms with Crippen LogP contribution in [0.3, 0.4) is 0 Å². The largest absolute Gasteiger partial charge is 0.508 e. The normalized spacial score (nSPS) is 16.3. The van der Waals surface area contributed by atoms with Crippen LogP contribution in [-0.4, -0.2) is 68.4 Å². The van der Waals surface area contributed by atoms with Crippen LogP contribution in [0.1, 0.15) is 27.0 Å². The summed E-state index contributed by atoms with van der Waals surface area (Å²) >= 11 is 2.83. The second-order valence-corrected chi connectivity index (χ2v) is 11.7. The van der Waals surface area contributed by atoms with E-state index in [9.17, 15) is 24.6 Å². The highest BCUT2D eigenvalue weighted by atomic mass is 32.2. The molecule has 3 aromatic rings. The van der Waals surface area contributed by atoms with Crippen molar-refractivity contribution in [3.05, 3.63) is 95.1 Å². The Labute approximate surface area is 242 Å². The van der Waals surface area contributed by atoms with Crippen LogP contribution >= 0.6 is 23.5 Å². The van der Waals surface area contributed by atoms with E-state index in [1.807, 2.05) is 61.5 Å². The maximum atomic E-state index is 13.6. The Balaban J connectivity index is 1.48. The fourth-order valence-corrected chi connectivity index (χ4v) is 6.51. The number of carbonyl (C=O) groups is 3. The van der Waals surface area contributed by atoms with Crippen LogP contribution in [0.2, 0.25) is 0 Å². The second kappa shape index (κ2) is 13.7. The molecule has 0 spiro atoms. The number of nitrogens with one attached hydrogen (secondary N) is 2. The van der Waals surface area contributed by atoms with Gasteiger partial charge in [0.25, 0.3) is 11.8 Å². The number of aliphatic hydroxyl groups excluding tert-OH is 1. The number of aliphatic hydroxyl groups is 1. The summed E-state index contributed by atoms with van der Waals surface area (Å²) in [5.41, 5.74) is 2.70. The Kier molecular flexibility index (Phi) is 10.1. The van der Waals surface area contributed by atoms with Gasteiger partial charge in [-0.25, -0.2) is 0 Å². The van der Waals surface area contributed by atoms with Gasteiger partial charge < -0.3 is 25.7 Å². The monoisotopic (exact) mass is 579 g/mol. The molecule has 4 N–H and O–H groups in total. The number of aryl methyl sites for hydroxylation is 1. The highest BCUT2D eigenvalue weighted by molar-refractivity contribution is 7.99. The summed E-state index contributed by atoms with van der Waals surface area (Å²) < 4.78 is 0. The number of aromatic hydroxyl groups is 1. The van der Waals surface area contributed by atoms with E-state index in [4.69, 9.17) is 0 Å². The zero-order valence-corrected chi connectivity index (χ0v) is 24.0. The topological polar surface area (TPSA) is 119 Å².